The molecule has 8 nitrogen and oxygen atoms in total. The topological polar surface area (TPSA) is 105 Å². The van der Waals surface area contributed by atoms with Crippen molar-refractivity contribution in [1.29, 1.82) is 0 Å². The second-order valence-electron chi connectivity index (χ2n) is 15.3. The van der Waals surface area contributed by atoms with Gasteiger partial charge in [-0.2, -0.15) is 0 Å². The molecule has 0 spiro atoms. The van der Waals surface area contributed by atoms with Crippen LogP contribution in [-0.2, 0) is 38.1 Å². The molecule has 4 saturated carbocycles. The zero-order chi connectivity index (χ0) is 31.9. The van der Waals surface area contributed by atoms with E-state index in [1.807, 2.05) is 0 Å². The van der Waals surface area contributed by atoms with E-state index in [-0.39, 0.29) is 82.8 Å². The van der Waals surface area contributed by atoms with E-state index in [0.29, 0.717) is 24.2 Å². The second kappa shape index (κ2) is 13.1. The highest BCUT2D eigenvalue weighted by molar-refractivity contribution is 5.67. The molecule has 8 heteroatoms. The van der Waals surface area contributed by atoms with Crippen LogP contribution in [0.15, 0.2) is 0 Å². The van der Waals surface area contributed by atoms with Crippen molar-refractivity contribution < 1.29 is 38.1 Å². The molecular formula is C35H56O8. The minimum Gasteiger partial charge on any atom is -0.463 e. The van der Waals surface area contributed by atoms with Gasteiger partial charge in [-0.05, 0) is 98.2 Å². The number of carbonyl (C=O) groups is 4. The first kappa shape index (κ1) is 33.8. The molecule has 244 valence electrons. The quantitative estimate of drug-likeness (QED) is 0.212. The summed E-state index contributed by atoms with van der Waals surface area (Å²) in [6.45, 7) is 17.2. The Hall–Kier alpha value is -2.12. The molecule has 43 heavy (non-hydrogen) atoms. The normalized spacial score (nSPS) is 39.9. The van der Waals surface area contributed by atoms with Crippen molar-refractivity contribution >= 4 is 23.9 Å². The molecule has 0 heterocycles. The molecule has 0 aromatic carbocycles. The van der Waals surface area contributed by atoms with Gasteiger partial charge in [-0.3, -0.25) is 19.2 Å². The van der Waals surface area contributed by atoms with Gasteiger partial charge in [0.25, 0.3) is 0 Å². The van der Waals surface area contributed by atoms with Gasteiger partial charge < -0.3 is 18.9 Å². The molecule has 4 aliphatic carbocycles. The summed E-state index contributed by atoms with van der Waals surface area (Å²) in [5.41, 5.74) is -0.0750. The highest BCUT2D eigenvalue weighted by Crippen LogP contribution is 2.69. The summed E-state index contributed by atoms with van der Waals surface area (Å²) in [7, 11) is 0. The Morgan fingerprint density at radius 2 is 1.30 bits per heavy atom. The number of hydrogen-bond acceptors (Lipinski definition) is 8. The van der Waals surface area contributed by atoms with Gasteiger partial charge in [0, 0.05) is 39.5 Å². The highest BCUT2D eigenvalue weighted by Gasteiger charge is 2.66. The van der Waals surface area contributed by atoms with Crippen LogP contribution >= 0.6 is 0 Å². The van der Waals surface area contributed by atoms with Crippen LogP contribution in [-0.4, -0.2) is 48.3 Å². The lowest BCUT2D eigenvalue weighted by atomic mass is 9.43. The van der Waals surface area contributed by atoms with Crippen molar-refractivity contribution in [3.8, 4) is 0 Å². The van der Waals surface area contributed by atoms with Gasteiger partial charge in [0.1, 0.15) is 24.4 Å². The first-order chi connectivity index (χ1) is 20.1. The molecule has 0 saturated heterocycles. The summed E-state index contributed by atoms with van der Waals surface area (Å²) in [4.78, 5) is 48.4. The van der Waals surface area contributed by atoms with Gasteiger partial charge in [-0.25, -0.2) is 0 Å². The SMILES string of the molecule is CC(=O)OC1CCC2(C)C(C1)C(OC(C)=O)CC1C2CCC2(C)C(C(C)CCC(OC(C)=O)C(C)C)CC(OC(C)=O)C12. The van der Waals surface area contributed by atoms with Crippen molar-refractivity contribution in [3.05, 3.63) is 0 Å². The molecule has 4 fully saturated rings. The molecule has 0 N–H and O–H groups in total. The molecule has 0 amide bonds. The molecular weight excluding hydrogens is 548 g/mol. The molecule has 4 rings (SSSR count). The number of carbonyl (C=O) groups excluding carboxylic acids is 4. The molecule has 0 radical (unpaired) electrons. The fraction of sp³-hybridized carbons (Fsp3) is 0.886. The summed E-state index contributed by atoms with van der Waals surface area (Å²) < 4.78 is 23.6. The number of fused-ring (bicyclic) bond motifs is 5. The summed E-state index contributed by atoms with van der Waals surface area (Å²) in [6, 6.07) is 0. The van der Waals surface area contributed by atoms with E-state index in [0.717, 1.165) is 51.4 Å². The van der Waals surface area contributed by atoms with Crippen LogP contribution < -0.4 is 0 Å². The van der Waals surface area contributed by atoms with Crippen LogP contribution in [0, 0.1) is 52.3 Å². The Balaban J connectivity index is 1.63. The number of esters is 4. The van der Waals surface area contributed by atoms with E-state index in [4.69, 9.17) is 18.9 Å². The lowest BCUT2D eigenvalue weighted by molar-refractivity contribution is -0.204. The molecule has 12 atom stereocenters. The summed E-state index contributed by atoms with van der Waals surface area (Å²) >= 11 is 0. The van der Waals surface area contributed by atoms with Crippen molar-refractivity contribution in [1.82, 2.24) is 0 Å². The van der Waals surface area contributed by atoms with Crippen molar-refractivity contribution in [2.45, 2.75) is 145 Å². The van der Waals surface area contributed by atoms with Crippen molar-refractivity contribution in [3.63, 3.8) is 0 Å². The number of ether oxygens (including phenoxy) is 4. The van der Waals surface area contributed by atoms with Gasteiger partial charge in [0.05, 0.1) is 0 Å². The Kier molecular flexibility index (Phi) is 10.3. The van der Waals surface area contributed by atoms with Gasteiger partial charge in [0.15, 0.2) is 0 Å². The van der Waals surface area contributed by atoms with Crippen LogP contribution in [0.25, 0.3) is 0 Å². The molecule has 0 aromatic rings. The average molecular weight is 605 g/mol. The summed E-state index contributed by atoms with van der Waals surface area (Å²) in [6.07, 6.45) is 7.27. The molecule has 0 aromatic heterocycles. The number of rotatable bonds is 9. The van der Waals surface area contributed by atoms with Crippen LogP contribution in [0.1, 0.15) is 120 Å². The molecule has 0 aliphatic heterocycles. The molecule has 0 bridgehead atoms. The van der Waals surface area contributed by atoms with E-state index < -0.39 is 0 Å². The minimum absolute atomic E-state index is 0.0195. The maximum atomic E-state index is 12.5. The number of hydrogen-bond donors (Lipinski definition) is 0. The second-order valence-corrected chi connectivity index (χ2v) is 15.3. The van der Waals surface area contributed by atoms with Gasteiger partial charge in [-0.1, -0.05) is 34.6 Å². The van der Waals surface area contributed by atoms with Gasteiger partial charge in [-0.15, -0.1) is 0 Å². The Morgan fingerprint density at radius 3 is 1.88 bits per heavy atom. The Labute approximate surface area is 258 Å². The van der Waals surface area contributed by atoms with Gasteiger partial charge >= 0.3 is 23.9 Å². The van der Waals surface area contributed by atoms with Crippen LogP contribution in [0.2, 0.25) is 0 Å². The lowest BCUT2D eigenvalue weighted by Gasteiger charge is -2.62. The van der Waals surface area contributed by atoms with E-state index in [2.05, 4.69) is 34.6 Å². The van der Waals surface area contributed by atoms with Crippen molar-refractivity contribution in [2.24, 2.45) is 52.3 Å². The fourth-order valence-corrected chi connectivity index (χ4v) is 10.6. The van der Waals surface area contributed by atoms with E-state index >= 15 is 0 Å². The Bertz CT molecular complexity index is 1050. The van der Waals surface area contributed by atoms with Crippen LogP contribution in [0.4, 0.5) is 0 Å². The smallest absolute Gasteiger partial charge is 0.302 e. The van der Waals surface area contributed by atoms with Gasteiger partial charge in [0.2, 0.25) is 0 Å². The lowest BCUT2D eigenvalue weighted by Crippen LogP contribution is -2.60. The zero-order valence-corrected chi connectivity index (χ0v) is 28.0. The molecule has 12 unspecified atom stereocenters. The minimum atomic E-state index is -0.277. The third-order valence-corrected chi connectivity index (χ3v) is 12.3. The predicted molar refractivity (Wildman–Crippen MR) is 161 cm³/mol. The maximum absolute atomic E-state index is 12.5. The third-order valence-electron chi connectivity index (χ3n) is 12.3. The Morgan fingerprint density at radius 1 is 0.698 bits per heavy atom. The van der Waals surface area contributed by atoms with E-state index in [1.165, 1.54) is 27.7 Å². The monoisotopic (exact) mass is 604 g/mol. The zero-order valence-electron chi connectivity index (χ0n) is 28.0. The fourth-order valence-electron chi connectivity index (χ4n) is 10.6. The standard InChI is InChI=1S/C35H56O8/c1-19(2)30(41-22(5)37)11-10-20(3)28-18-32(43-24(7)39)33-26-17-31(42-23(6)38)29-16-25(40-21(4)36)12-14-34(29,8)27(26)13-15-35(28,33)9/h19-20,25-33H,10-18H2,1-9H3. The van der Waals surface area contributed by atoms with E-state index in [9.17, 15) is 19.2 Å². The van der Waals surface area contributed by atoms with Crippen LogP contribution in [0.5, 0.6) is 0 Å². The first-order valence-electron chi connectivity index (χ1n) is 16.8. The van der Waals surface area contributed by atoms with E-state index in [1.54, 1.807) is 0 Å². The molecule has 4 aliphatic rings. The summed E-state index contributed by atoms with van der Waals surface area (Å²) in [5, 5.41) is 0. The summed E-state index contributed by atoms with van der Waals surface area (Å²) in [5.74, 6) is 0.957. The largest absolute Gasteiger partial charge is 0.463 e. The third kappa shape index (κ3) is 6.93. The maximum Gasteiger partial charge on any atom is 0.302 e. The van der Waals surface area contributed by atoms with Crippen LogP contribution in [0.3, 0.4) is 0 Å². The average Bonchev–Trinajstić information content (AvgIpc) is 3.17. The first-order valence-corrected chi connectivity index (χ1v) is 16.8. The predicted octanol–water partition coefficient (Wildman–Crippen LogP) is 6.66. The van der Waals surface area contributed by atoms with Crippen molar-refractivity contribution in [2.75, 3.05) is 0 Å². The highest BCUT2D eigenvalue weighted by atomic mass is 16.6.